The smallest absolute Gasteiger partial charge is 0.405 e. The molecule has 1 aliphatic carbocycles. The van der Waals surface area contributed by atoms with E-state index in [2.05, 4.69) is 15.4 Å². The Hall–Kier alpha value is -2.61. The van der Waals surface area contributed by atoms with Crippen molar-refractivity contribution >= 4 is 22.6 Å². The lowest BCUT2D eigenvalue weighted by Crippen LogP contribution is -2.47. The number of nitrogens with one attached hydrogen (secondary N) is 2. The number of benzene rings is 1. The maximum Gasteiger partial charge on any atom is 0.573 e. The van der Waals surface area contributed by atoms with Crippen LogP contribution in [0.3, 0.4) is 0 Å². The average Bonchev–Trinajstić information content (AvgIpc) is 2.71. The summed E-state index contributed by atoms with van der Waals surface area (Å²) in [5.74, 6) is -1.05. The van der Waals surface area contributed by atoms with E-state index in [1.54, 1.807) is 26.2 Å². The van der Waals surface area contributed by atoms with E-state index in [-0.39, 0.29) is 47.2 Å². The van der Waals surface area contributed by atoms with Crippen molar-refractivity contribution in [2.24, 2.45) is 11.3 Å². The Morgan fingerprint density at radius 1 is 1.21 bits per heavy atom. The Morgan fingerprint density at radius 3 is 2.39 bits per heavy atom. The van der Waals surface area contributed by atoms with Gasteiger partial charge in [0, 0.05) is 46.9 Å². The summed E-state index contributed by atoms with van der Waals surface area (Å²) in [6.07, 6.45) is -1.14. The van der Waals surface area contributed by atoms with Gasteiger partial charge in [-0.2, -0.15) is 5.26 Å². The summed E-state index contributed by atoms with van der Waals surface area (Å²) in [6.45, 7) is 3.31. The largest absolute Gasteiger partial charge is 0.573 e. The van der Waals surface area contributed by atoms with Crippen molar-refractivity contribution in [1.29, 1.82) is 5.26 Å². The molecule has 1 aromatic rings. The number of carbonyl (C=O) groups is 2. The number of rotatable bonds is 8. The van der Waals surface area contributed by atoms with Gasteiger partial charge in [0.1, 0.15) is 5.75 Å². The van der Waals surface area contributed by atoms with Gasteiger partial charge in [0.2, 0.25) is 11.8 Å². The van der Waals surface area contributed by atoms with E-state index in [0.29, 0.717) is 25.7 Å². The van der Waals surface area contributed by atoms with Gasteiger partial charge in [-0.05, 0) is 37.8 Å². The summed E-state index contributed by atoms with van der Waals surface area (Å²) in [7, 11) is -1.10. The quantitative estimate of drug-likeness (QED) is 0.586. The third-order valence-corrected chi connectivity index (χ3v) is 6.62. The molecule has 0 aliphatic heterocycles. The molecule has 1 fully saturated rings. The molecule has 0 aromatic heterocycles. The zero-order chi connectivity index (χ0) is 24.8. The fraction of sp³-hybridized carbons (Fsp3) is 0.591. The molecule has 2 N–H and O–H groups in total. The van der Waals surface area contributed by atoms with Crippen LogP contribution in [0.25, 0.3) is 0 Å². The second-order valence-electron chi connectivity index (χ2n) is 8.82. The molecule has 182 valence electrons. The van der Waals surface area contributed by atoms with Crippen molar-refractivity contribution in [3.63, 3.8) is 0 Å². The van der Waals surface area contributed by atoms with Crippen molar-refractivity contribution in [3.05, 3.63) is 29.3 Å². The summed E-state index contributed by atoms with van der Waals surface area (Å²) in [5, 5.41) is 14.5. The van der Waals surface area contributed by atoms with E-state index in [0.717, 1.165) is 6.07 Å². The zero-order valence-electron chi connectivity index (χ0n) is 18.8. The van der Waals surface area contributed by atoms with Crippen molar-refractivity contribution in [3.8, 4) is 11.8 Å². The third kappa shape index (κ3) is 8.35. The Labute approximate surface area is 193 Å². The Kier molecular flexibility index (Phi) is 8.89. The molecule has 0 spiro atoms. The maximum atomic E-state index is 12.7. The third-order valence-electron chi connectivity index (χ3n) is 5.49. The van der Waals surface area contributed by atoms with E-state index in [9.17, 15) is 27.0 Å². The number of halogens is 3. The predicted octanol–water partition coefficient (Wildman–Crippen LogP) is 3.15. The van der Waals surface area contributed by atoms with Crippen LogP contribution in [0.15, 0.2) is 18.2 Å². The van der Waals surface area contributed by atoms with Crippen LogP contribution < -0.4 is 15.4 Å². The molecule has 0 saturated heterocycles. The summed E-state index contributed by atoms with van der Waals surface area (Å²) < 4.78 is 53.5. The number of nitriles is 1. The van der Waals surface area contributed by atoms with Crippen LogP contribution in [0, 0.1) is 22.7 Å². The number of hydrogen-bond acceptors (Lipinski definition) is 5. The molecule has 7 nitrogen and oxygen atoms in total. The van der Waals surface area contributed by atoms with Crippen LogP contribution in [0.4, 0.5) is 13.2 Å². The number of carbonyl (C=O) groups excluding carboxylic acids is 2. The van der Waals surface area contributed by atoms with Gasteiger partial charge in [0.15, 0.2) is 0 Å². The van der Waals surface area contributed by atoms with Crippen LogP contribution in [-0.2, 0) is 26.9 Å². The molecule has 1 saturated carbocycles. The number of hydrogen-bond donors (Lipinski definition) is 2. The highest BCUT2D eigenvalue weighted by Crippen LogP contribution is 2.29. The molecule has 1 aromatic carbocycles. The molecule has 33 heavy (non-hydrogen) atoms. The van der Waals surface area contributed by atoms with Crippen molar-refractivity contribution in [2.75, 3.05) is 12.0 Å². The summed E-state index contributed by atoms with van der Waals surface area (Å²) in [5.41, 5.74) is -0.639. The minimum absolute atomic E-state index is 0.0121. The maximum absolute atomic E-state index is 12.7. The fourth-order valence-electron chi connectivity index (χ4n) is 3.77. The Balaban J connectivity index is 1.89. The highest BCUT2D eigenvalue weighted by atomic mass is 32.2. The molecular formula is C22H28F3N3O4S. The molecule has 1 aliphatic rings. The molecule has 0 bridgehead atoms. The first-order chi connectivity index (χ1) is 15.3. The van der Waals surface area contributed by atoms with Crippen LogP contribution in [-0.4, -0.2) is 40.4 Å². The lowest BCUT2D eigenvalue weighted by atomic mass is 9.84. The molecule has 2 amide bonds. The number of alkyl halides is 3. The van der Waals surface area contributed by atoms with E-state index < -0.39 is 28.3 Å². The van der Waals surface area contributed by atoms with Gasteiger partial charge in [-0.1, -0.05) is 19.9 Å². The summed E-state index contributed by atoms with van der Waals surface area (Å²) >= 11 is 0. The standard InChI is InChI=1S/C22H28F3N3O4S/c1-21(2,13-33(3)31)20(30)28-17-8-6-15(7-9-17)19(29)27-12-16-5-4-14(11-26)10-18(16)32-22(23,24)25/h4-5,10,15,17H,6-9,12-13H2,1-3H3,(H,27,29)(H,28,30). The Bertz CT molecular complexity index is 936. The minimum Gasteiger partial charge on any atom is -0.405 e. The van der Waals surface area contributed by atoms with Gasteiger partial charge in [-0.3, -0.25) is 13.8 Å². The van der Waals surface area contributed by atoms with Crippen molar-refractivity contribution < 1.29 is 31.7 Å². The molecule has 11 heteroatoms. The highest BCUT2D eigenvalue weighted by Gasteiger charge is 2.34. The first-order valence-corrected chi connectivity index (χ1v) is 12.2. The van der Waals surface area contributed by atoms with Gasteiger partial charge >= 0.3 is 6.36 Å². The van der Waals surface area contributed by atoms with Crippen molar-refractivity contribution in [2.45, 2.75) is 58.5 Å². The summed E-state index contributed by atoms with van der Waals surface area (Å²) in [6, 6.07) is 5.32. The first-order valence-electron chi connectivity index (χ1n) is 10.5. The normalized spacial score (nSPS) is 19.8. The second-order valence-corrected chi connectivity index (χ2v) is 10.3. The van der Waals surface area contributed by atoms with Gasteiger partial charge in [0.25, 0.3) is 0 Å². The second kappa shape index (κ2) is 11.0. The minimum atomic E-state index is -4.92. The molecule has 1 atom stereocenters. The lowest BCUT2D eigenvalue weighted by molar-refractivity contribution is -0.274. The molecule has 2 rings (SSSR count). The monoisotopic (exact) mass is 487 g/mol. The topological polar surface area (TPSA) is 108 Å². The fourth-order valence-corrected chi connectivity index (χ4v) is 4.92. The lowest BCUT2D eigenvalue weighted by Gasteiger charge is -2.31. The van der Waals surface area contributed by atoms with Crippen LogP contribution in [0.2, 0.25) is 0 Å². The average molecular weight is 488 g/mol. The number of amides is 2. The van der Waals surface area contributed by atoms with Gasteiger partial charge in [-0.15, -0.1) is 13.2 Å². The van der Waals surface area contributed by atoms with Crippen LogP contribution in [0.1, 0.15) is 50.7 Å². The van der Waals surface area contributed by atoms with Crippen LogP contribution in [0.5, 0.6) is 5.75 Å². The van der Waals surface area contributed by atoms with Gasteiger partial charge in [0.05, 0.1) is 17.0 Å². The van der Waals surface area contributed by atoms with E-state index in [1.165, 1.54) is 12.1 Å². The zero-order valence-corrected chi connectivity index (χ0v) is 19.6. The number of ether oxygens (including phenoxy) is 1. The predicted molar refractivity (Wildman–Crippen MR) is 116 cm³/mol. The molecule has 0 heterocycles. The van der Waals surface area contributed by atoms with Gasteiger partial charge < -0.3 is 15.4 Å². The van der Waals surface area contributed by atoms with E-state index >= 15 is 0 Å². The molecule has 1 unspecified atom stereocenters. The van der Waals surface area contributed by atoms with Gasteiger partial charge in [-0.25, -0.2) is 0 Å². The first kappa shape index (κ1) is 26.6. The number of nitrogens with zero attached hydrogens (tertiary/aromatic N) is 1. The summed E-state index contributed by atoms with van der Waals surface area (Å²) in [4.78, 5) is 25.0. The van der Waals surface area contributed by atoms with Crippen molar-refractivity contribution in [1.82, 2.24) is 10.6 Å². The Morgan fingerprint density at radius 2 is 1.85 bits per heavy atom. The SMILES string of the molecule is CS(=O)CC(C)(C)C(=O)NC1CCC(C(=O)NCc2ccc(C#N)cc2OC(F)(F)F)CC1. The van der Waals surface area contributed by atoms with E-state index in [1.807, 2.05) is 0 Å². The molecular weight excluding hydrogens is 459 g/mol. The highest BCUT2D eigenvalue weighted by molar-refractivity contribution is 7.84. The van der Waals surface area contributed by atoms with Crippen LogP contribution >= 0.6 is 0 Å². The van der Waals surface area contributed by atoms with E-state index in [4.69, 9.17) is 5.26 Å². The molecule has 0 radical (unpaired) electrons.